The zero-order chi connectivity index (χ0) is 13.9. The summed E-state index contributed by atoms with van der Waals surface area (Å²) in [6.07, 6.45) is -1.50. The Labute approximate surface area is 105 Å². The Morgan fingerprint density at radius 3 is 2.50 bits per heavy atom. The van der Waals surface area contributed by atoms with E-state index in [0.717, 1.165) is 0 Å². The maximum atomic E-state index is 11.8. The van der Waals surface area contributed by atoms with Crippen LogP contribution in [0.15, 0.2) is 17.3 Å². The lowest BCUT2D eigenvalue weighted by Crippen LogP contribution is -2.08. The minimum atomic E-state index is -3.64. The van der Waals surface area contributed by atoms with Gasteiger partial charge in [-0.3, -0.25) is 0 Å². The molecule has 0 unspecified atom stereocenters. The first kappa shape index (κ1) is 14.8. The lowest BCUT2D eigenvalue weighted by atomic mass is 10.1. The van der Waals surface area contributed by atoms with Crippen LogP contribution in [-0.4, -0.2) is 24.1 Å². The lowest BCUT2D eigenvalue weighted by Gasteiger charge is -1.99. The minimum Gasteiger partial charge on any atom is -0.333 e. The van der Waals surface area contributed by atoms with Crippen LogP contribution in [0.4, 0.5) is 8.78 Å². The summed E-state index contributed by atoms with van der Waals surface area (Å²) in [5, 5.41) is -0.142. The quantitative estimate of drug-likeness (QED) is 0.900. The minimum absolute atomic E-state index is 0.105. The van der Waals surface area contributed by atoms with Crippen molar-refractivity contribution in [1.82, 2.24) is 9.97 Å². The number of aryl methyl sites for hydroxylation is 1. The zero-order valence-electron chi connectivity index (χ0n) is 10.5. The fraction of sp³-hybridized carbons (Fsp3) is 0.545. The van der Waals surface area contributed by atoms with Gasteiger partial charge < -0.3 is 4.98 Å². The molecule has 0 saturated heterocycles. The van der Waals surface area contributed by atoms with Gasteiger partial charge in [-0.1, -0.05) is 13.8 Å². The van der Waals surface area contributed by atoms with Crippen LogP contribution in [0.25, 0.3) is 0 Å². The summed E-state index contributed by atoms with van der Waals surface area (Å²) in [5.74, 6) is -0.275. The molecule has 0 radical (unpaired) electrons. The summed E-state index contributed by atoms with van der Waals surface area (Å²) in [7, 11) is -3.64. The summed E-state index contributed by atoms with van der Waals surface area (Å²) in [4.78, 5) is 6.72. The smallest absolute Gasteiger partial charge is 0.266 e. The Hall–Kier alpha value is -1.24. The fourth-order valence-electron chi connectivity index (χ4n) is 1.57. The first-order valence-corrected chi connectivity index (χ1v) is 7.19. The number of halogens is 2. The highest BCUT2D eigenvalue weighted by Crippen LogP contribution is 2.19. The van der Waals surface area contributed by atoms with Gasteiger partial charge >= 0.3 is 0 Å². The second kappa shape index (κ2) is 5.60. The normalized spacial score (nSPS) is 11.9. The number of nitrogens with one attached hydrogen (secondary N) is 1. The Balaban J connectivity index is 2.92. The van der Waals surface area contributed by atoms with E-state index in [1.165, 1.54) is 0 Å². The van der Waals surface area contributed by atoms with E-state index in [0.29, 0.717) is 17.5 Å². The maximum Gasteiger partial charge on any atom is 0.266 e. The van der Waals surface area contributed by atoms with E-state index in [-0.39, 0.29) is 23.2 Å². The average Bonchev–Trinajstić information content (AvgIpc) is 2.60. The van der Waals surface area contributed by atoms with Gasteiger partial charge in [-0.25, -0.2) is 13.4 Å². The van der Waals surface area contributed by atoms with E-state index in [9.17, 15) is 17.2 Å². The lowest BCUT2D eigenvalue weighted by molar-refractivity contribution is 0.418. The van der Waals surface area contributed by atoms with E-state index in [1.807, 2.05) is 13.8 Å². The van der Waals surface area contributed by atoms with Gasteiger partial charge in [0.1, 0.15) is 0 Å². The molecule has 0 spiro atoms. The van der Waals surface area contributed by atoms with Crippen LogP contribution >= 0.6 is 0 Å². The van der Waals surface area contributed by atoms with Gasteiger partial charge in [0.25, 0.3) is 6.08 Å². The van der Waals surface area contributed by atoms with E-state index >= 15 is 0 Å². The molecule has 102 valence electrons. The number of allylic oxidation sites excluding steroid dienone is 1. The van der Waals surface area contributed by atoms with Crippen LogP contribution in [0.5, 0.6) is 0 Å². The SMILES string of the molecule is Cc1[nH]c(S(=O)(=O)CCC=C(F)F)nc1C(C)C. The van der Waals surface area contributed by atoms with E-state index in [1.54, 1.807) is 6.92 Å². The van der Waals surface area contributed by atoms with Gasteiger partial charge in [0, 0.05) is 5.69 Å². The van der Waals surface area contributed by atoms with E-state index in [2.05, 4.69) is 9.97 Å². The molecule has 1 aromatic rings. The van der Waals surface area contributed by atoms with Crippen molar-refractivity contribution in [3.8, 4) is 0 Å². The highest BCUT2D eigenvalue weighted by atomic mass is 32.2. The number of H-pyrrole nitrogens is 1. The van der Waals surface area contributed by atoms with Crippen molar-refractivity contribution in [2.75, 3.05) is 5.75 Å². The van der Waals surface area contributed by atoms with Crippen LogP contribution < -0.4 is 0 Å². The van der Waals surface area contributed by atoms with E-state index in [4.69, 9.17) is 0 Å². The van der Waals surface area contributed by atoms with Crippen molar-refractivity contribution in [2.24, 2.45) is 0 Å². The third-order valence-corrected chi connectivity index (χ3v) is 3.98. The van der Waals surface area contributed by atoms with E-state index < -0.39 is 15.9 Å². The Morgan fingerprint density at radius 1 is 1.44 bits per heavy atom. The number of nitrogens with zero attached hydrogens (tertiary/aromatic N) is 1. The molecule has 1 heterocycles. The number of hydrogen-bond acceptors (Lipinski definition) is 3. The Bertz CT molecular complexity index is 543. The van der Waals surface area contributed by atoms with Crippen LogP contribution in [-0.2, 0) is 9.84 Å². The standard InChI is InChI=1S/C11H16F2N2O2S/c1-7(2)10-8(3)14-11(15-10)18(16,17)6-4-5-9(12)13/h5,7H,4,6H2,1-3H3,(H,14,15). The van der Waals surface area contributed by atoms with Crippen molar-refractivity contribution >= 4 is 9.84 Å². The molecule has 0 saturated carbocycles. The third kappa shape index (κ3) is 3.63. The Morgan fingerprint density at radius 2 is 2.06 bits per heavy atom. The average molecular weight is 278 g/mol. The van der Waals surface area contributed by atoms with Gasteiger partial charge in [-0.2, -0.15) is 8.78 Å². The van der Waals surface area contributed by atoms with Crippen LogP contribution in [0.1, 0.15) is 37.6 Å². The van der Waals surface area contributed by atoms with Crippen molar-refractivity contribution in [3.05, 3.63) is 23.5 Å². The number of aromatic nitrogens is 2. The largest absolute Gasteiger partial charge is 0.333 e. The van der Waals surface area contributed by atoms with Crippen LogP contribution in [0.2, 0.25) is 0 Å². The number of aromatic amines is 1. The number of sulfone groups is 1. The highest BCUT2D eigenvalue weighted by Gasteiger charge is 2.20. The molecule has 0 aliphatic carbocycles. The third-order valence-electron chi connectivity index (χ3n) is 2.43. The highest BCUT2D eigenvalue weighted by molar-refractivity contribution is 7.91. The second-order valence-electron chi connectivity index (χ2n) is 4.31. The second-order valence-corrected chi connectivity index (χ2v) is 6.33. The van der Waals surface area contributed by atoms with Gasteiger partial charge in [0.2, 0.25) is 15.0 Å². The van der Waals surface area contributed by atoms with Gasteiger partial charge in [-0.05, 0) is 25.3 Å². The molecular weight excluding hydrogens is 262 g/mol. The molecule has 0 amide bonds. The number of imidazole rings is 1. The van der Waals surface area contributed by atoms with Crippen molar-refractivity contribution in [2.45, 2.75) is 38.3 Å². The maximum absolute atomic E-state index is 11.8. The predicted octanol–water partition coefficient (Wildman–Crippen LogP) is 2.79. The molecule has 1 aromatic heterocycles. The van der Waals surface area contributed by atoms with Crippen molar-refractivity contribution < 1.29 is 17.2 Å². The molecule has 1 N–H and O–H groups in total. The number of rotatable bonds is 5. The molecule has 0 aromatic carbocycles. The molecule has 0 aliphatic heterocycles. The summed E-state index contributed by atoms with van der Waals surface area (Å²) in [5.41, 5.74) is 1.37. The summed E-state index contributed by atoms with van der Waals surface area (Å²) in [6, 6.07) is 0. The van der Waals surface area contributed by atoms with Crippen molar-refractivity contribution in [3.63, 3.8) is 0 Å². The van der Waals surface area contributed by atoms with Gasteiger partial charge in [-0.15, -0.1) is 0 Å². The van der Waals surface area contributed by atoms with Gasteiger partial charge in [0.05, 0.1) is 11.4 Å². The topological polar surface area (TPSA) is 62.8 Å². The van der Waals surface area contributed by atoms with Crippen LogP contribution in [0, 0.1) is 6.92 Å². The predicted molar refractivity (Wildman–Crippen MR) is 64.4 cm³/mol. The van der Waals surface area contributed by atoms with Crippen LogP contribution in [0.3, 0.4) is 0 Å². The molecule has 4 nitrogen and oxygen atoms in total. The molecule has 0 fully saturated rings. The molecular formula is C11H16F2N2O2S. The summed E-state index contributed by atoms with van der Waals surface area (Å²) >= 11 is 0. The molecule has 7 heteroatoms. The van der Waals surface area contributed by atoms with Crippen molar-refractivity contribution in [1.29, 1.82) is 0 Å². The molecule has 0 aliphatic rings. The molecule has 0 atom stereocenters. The van der Waals surface area contributed by atoms with Gasteiger partial charge in [0.15, 0.2) is 0 Å². The Kier molecular flexibility index (Phi) is 4.61. The molecule has 1 rings (SSSR count). The fourth-order valence-corrected chi connectivity index (χ4v) is 2.74. The molecule has 18 heavy (non-hydrogen) atoms. The summed E-state index contributed by atoms with van der Waals surface area (Å²) < 4.78 is 47.3. The first-order chi connectivity index (χ1) is 8.24. The summed E-state index contributed by atoms with van der Waals surface area (Å²) in [6.45, 7) is 5.55. The number of hydrogen-bond donors (Lipinski definition) is 1. The molecule has 0 bridgehead atoms. The monoisotopic (exact) mass is 278 g/mol. The zero-order valence-corrected chi connectivity index (χ0v) is 11.3. The first-order valence-electron chi connectivity index (χ1n) is 5.54.